The highest BCUT2D eigenvalue weighted by molar-refractivity contribution is 7.98. The normalized spacial score (nSPS) is 11.8. The second-order valence-electron chi connectivity index (χ2n) is 5.51. The van der Waals surface area contributed by atoms with Crippen molar-refractivity contribution in [3.63, 3.8) is 0 Å². The molecule has 1 atom stereocenters. The molecule has 0 radical (unpaired) electrons. The third-order valence-corrected chi connectivity index (χ3v) is 4.47. The summed E-state index contributed by atoms with van der Waals surface area (Å²) in [5, 5.41) is 15.6. The Labute approximate surface area is 147 Å². The zero-order chi connectivity index (χ0) is 17.2. The second kappa shape index (κ2) is 10.0. The minimum absolute atomic E-state index is 0.198. The Hall–Kier alpha value is -1.98. The highest BCUT2D eigenvalue weighted by atomic mass is 32.2. The van der Waals surface area contributed by atoms with Gasteiger partial charge in [-0.15, -0.1) is 11.8 Å². The lowest BCUT2D eigenvalue weighted by molar-refractivity contribution is 0.173. The van der Waals surface area contributed by atoms with Crippen LogP contribution >= 0.6 is 11.8 Å². The standard InChI is InChI=1S/C19H24N2O2S/c1-24-17-11-9-16(10-12-17)18(22)14-21-19(23)20-13-5-8-15-6-3-2-4-7-15/h2-4,6-7,9-12,18,22H,5,8,13-14H2,1H3,(H2,20,21,23). The van der Waals surface area contributed by atoms with Gasteiger partial charge in [0.05, 0.1) is 6.10 Å². The van der Waals surface area contributed by atoms with Crippen LogP contribution in [0, 0.1) is 0 Å². The number of hydrogen-bond donors (Lipinski definition) is 3. The number of carbonyl (C=O) groups is 1. The van der Waals surface area contributed by atoms with Crippen molar-refractivity contribution in [1.29, 1.82) is 0 Å². The molecule has 0 aromatic heterocycles. The van der Waals surface area contributed by atoms with E-state index in [0.29, 0.717) is 6.54 Å². The van der Waals surface area contributed by atoms with Crippen molar-refractivity contribution in [3.05, 3.63) is 65.7 Å². The predicted molar refractivity (Wildman–Crippen MR) is 99.3 cm³/mol. The molecule has 2 rings (SSSR count). The van der Waals surface area contributed by atoms with E-state index in [1.54, 1.807) is 11.8 Å². The number of aryl methyl sites for hydroxylation is 1. The minimum atomic E-state index is -0.698. The first kappa shape index (κ1) is 18.4. The summed E-state index contributed by atoms with van der Waals surface area (Å²) in [6.45, 7) is 0.808. The van der Waals surface area contributed by atoms with Gasteiger partial charge in [0, 0.05) is 18.0 Å². The fourth-order valence-electron chi connectivity index (χ4n) is 2.33. The largest absolute Gasteiger partial charge is 0.387 e. The number of urea groups is 1. The van der Waals surface area contributed by atoms with E-state index < -0.39 is 6.10 Å². The van der Waals surface area contributed by atoms with Crippen molar-refractivity contribution in [2.24, 2.45) is 0 Å². The van der Waals surface area contributed by atoms with Gasteiger partial charge in [-0.25, -0.2) is 4.79 Å². The lowest BCUT2D eigenvalue weighted by Gasteiger charge is -2.13. The predicted octanol–water partition coefficient (Wildman–Crippen LogP) is 3.37. The van der Waals surface area contributed by atoms with Crippen molar-refractivity contribution in [1.82, 2.24) is 10.6 Å². The highest BCUT2D eigenvalue weighted by Crippen LogP contribution is 2.18. The Kier molecular flexibility index (Phi) is 7.65. The molecule has 0 heterocycles. The van der Waals surface area contributed by atoms with Crippen LogP contribution in [0.25, 0.3) is 0 Å². The average molecular weight is 344 g/mol. The molecule has 2 aromatic carbocycles. The SMILES string of the molecule is CSc1ccc(C(O)CNC(=O)NCCCc2ccccc2)cc1. The second-order valence-corrected chi connectivity index (χ2v) is 6.39. The summed E-state index contributed by atoms with van der Waals surface area (Å²) in [5.74, 6) is 0. The molecular formula is C19H24N2O2S. The Morgan fingerprint density at radius 2 is 1.79 bits per heavy atom. The Morgan fingerprint density at radius 1 is 1.08 bits per heavy atom. The molecule has 5 heteroatoms. The molecule has 4 nitrogen and oxygen atoms in total. The van der Waals surface area contributed by atoms with E-state index >= 15 is 0 Å². The van der Waals surface area contributed by atoms with Crippen molar-refractivity contribution < 1.29 is 9.90 Å². The summed E-state index contributed by atoms with van der Waals surface area (Å²) in [4.78, 5) is 12.9. The molecular weight excluding hydrogens is 320 g/mol. The van der Waals surface area contributed by atoms with E-state index in [9.17, 15) is 9.90 Å². The van der Waals surface area contributed by atoms with E-state index in [2.05, 4.69) is 22.8 Å². The monoisotopic (exact) mass is 344 g/mol. The molecule has 2 aromatic rings. The summed E-state index contributed by atoms with van der Waals surface area (Å²) in [7, 11) is 0. The Balaban J connectivity index is 1.63. The van der Waals surface area contributed by atoms with Crippen LogP contribution in [0.15, 0.2) is 59.5 Å². The molecule has 0 saturated carbocycles. The van der Waals surface area contributed by atoms with E-state index in [0.717, 1.165) is 23.3 Å². The zero-order valence-electron chi connectivity index (χ0n) is 13.9. The maximum Gasteiger partial charge on any atom is 0.314 e. The summed E-state index contributed by atoms with van der Waals surface area (Å²) in [5.41, 5.74) is 2.07. The maximum atomic E-state index is 11.8. The van der Waals surface area contributed by atoms with E-state index in [4.69, 9.17) is 0 Å². The fourth-order valence-corrected chi connectivity index (χ4v) is 2.74. The summed E-state index contributed by atoms with van der Waals surface area (Å²) in [6.07, 6.45) is 3.13. The van der Waals surface area contributed by atoms with Gasteiger partial charge in [-0.2, -0.15) is 0 Å². The van der Waals surface area contributed by atoms with Gasteiger partial charge in [-0.05, 0) is 42.4 Å². The Bertz CT molecular complexity index is 617. The van der Waals surface area contributed by atoms with E-state index in [-0.39, 0.29) is 12.6 Å². The third-order valence-electron chi connectivity index (χ3n) is 3.73. The molecule has 0 fully saturated rings. The van der Waals surface area contributed by atoms with E-state index in [1.807, 2.05) is 48.7 Å². The summed E-state index contributed by atoms with van der Waals surface area (Å²) >= 11 is 1.66. The quantitative estimate of drug-likeness (QED) is 0.508. The van der Waals surface area contributed by atoms with Crippen LogP contribution in [0.1, 0.15) is 23.7 Å². The van der Waals surface area contributed by atoms with Crippen LogP contribution in [0.2, 0.25) is 0 Å². The van der Waals surface area contributed by atoms with E-state index in [1.165, 1.54) is 5.56 Å². The van der Waals surface area contributed by atoms with Gasteiger partial charge < -0.3 is 15.7 Å². The van der Waals surface area contributed by atoms with Crippen LogP contribution in [0.3, 0.4) is 0 Å². The molecule has 0 aliphatic rings. The zero-order valence-corrected chi connectivity index (χ0v) is 14.7. The lowest BCUT2D eigenvalue weighted by atomic mass is 10.1. The molecule has 0 aliphatic carbocycles. The van der Waals surface area contributed by atoms with Gasteiger partial charge >= 0.3 is 6.03 Å². The van der Waals surface area contributed by atoms with Gasteiger partial charge in [0.2, 0.25) is 0 Å². The van der Waals surface area contributed by atoms with Crippen LogP contribution in [-0.4, -0.2) is 30.5 Å². The van der Waals surface area contributed by atoms with Gasteiger partial charge in [-0.3, -0.25) is 0 Å². The number of thioether (sulfide) groups is 1. The molecule has 24 heavy (non-hydrogen) atoms. The van der Waals surface area contributed by atoms with Crippen LogP contribution < -0.4 is 10.6 Å². The van der Waals surface area contributed by atoms with Gasteiger partial charge in [0.15, 0.2) is 0 Å². The number of aliphatic hydroxyl groups excluding tert-OH is 1. The van der Waals surface area contributed by atoms with Crippen LogP contribution in [0.5, 0.6) is 0 Å². The Morgan fingerprint density at radius 3 is 2.46 bits per heavy atom. The molecule has 1 unspecified atom stereocenters. The molecule has 0 saturated heterocycles. The summed E-state index contributed by atoms with van der Waals surface area (Å²) < 4.78 is 0. The van der Waals surface area contributed by atoms with Gasteiger partial charge in [0.25, 0.3) is 0 Å². The molecule has 3 N–H and O–H groups in total. The first-order valence-corrected chi connectivity index (χ1v) is 9.29. The molecule has 0 spiro atoms. The number of hydrogen-bond acceptors (Lipinski definition) is 3. The van der Waals surface area contributed by atoms with Crippen molar-refractivity contribution in [2.75, 3.05) is 19.3 Å². The lowest BCUT2D eigenvalue weighted by Crippen LogP contribution is -2.38. The number of aliphatic hydroxyl groups is 1. The molecule has 0 aliphatic heterocycles. The third kappa shape index (κ3) is 6.26. The fraction of sp³-hybridized carbons (Fsp3) is 0.316. The van der Waals surface area contributed by atoms with Gasteiger partial charge in [-0.1, -0.05) is 42.5 Å². The van der Waals surface area contributed by atoms with Gasteiger partial charge in [0.1, 0.15) is 0 Å². The first-order valence-electron chi connectivity index (χ1n) is 8.06. The molecule has 0 bridgehead atoms. The molecule has 128 valence electrons. The topological polar surface area (TPSA) is 61.4 Å². The van der Waals surface area contributed by atoms with Crippen molar-refractivity contribution >= 4 is 17.8 Å². The highest BCUT2D eigenvalue weighted by Gasteiger charge is 2.09. The summed E-state index contributed by atoms with van der Waals surface area (Å²) in [6, 6.07) is 17.6. The maximum absolute atomic E-state index is 11.8. The number of rotatable bonds is 8. The molecule has 2 amide bonds. The van der Waals surface area contributed by atoms with Crippen molar-refractivity contribution in [2.45, 2.75) is 23.8 Å². The van der Waals surface area contributed by atoms with Crippen LogP contribution in [0.4, 0.5) is 4.79 Å². The average Bonchev–Trinajstić information content (AvgIpc) is 2.64. The number of amides is 2. The number of benzene rings is 2. The minimum Gasteiger partial charge on any atom is -0.387 e. The van der Waals surface area contributed by atoms with Crippen LogP contribution in [-0.2, 0) is 6.42 Å². The number of carbonyl (C=O) groups excluding carboxylic acids is 1. The smallest absolute Gasteiger partial charge is 0.314 e. The van der Waals surface area contributed by atoms with Crippen molar-refractivity contribution in [3.8, 4) is 0 Å². The number of nitrogens with one attached hydrogen (secondary N) is 2. The first-order chi connectivity index (χ1) is 11.7.